The first-order chi connectivity index (χ1) is 32.6. The molecule has 0 spiro atoms. The number of H-pyrrole nitrogens is 1. The molecule has 67 heavy (non-hydrogen) atoms. The van der Waals surface area contributed by atoms with Crippen LogP contribution < -0.4 is 15.0 Å². The van der Waals surface area contributed by atoms with Crippen LogP contribution in [0.3, 0.4) is 0 Å². The monoisotopic (exact) mass is 965 g/mol. The molecule has 2 saturated heterocycles. The predicted octanol–water partition coefficient (Wildman–Crippen LogP) is 9.03. The third-order valence-corrected chi connectivity index (χ3v) is 16.7. The number of ether oxygens (including phenoxy) is 5. The highest BCUT2D eigenvalue weighted by Crippen LogP contribution is 2.56. The molecule has 8 rings (SSSR count). The lowest BCUT2D eigenvalue weighted by Gasteiger charge is -2.38. The summed E-state index contributed by atoms with van der Waals surface area (Å²) in [6, 6.07) is 35.3. The maximum Gasteiger partial charge on any atom is 0.280 e. The number of nitrogens with one attached hydrogen (secondary N) is 1. The fraction of sp³-hybridized carbons (Fsp3) is 0.367. The fourth-order valence-corrected chi connectivity index (χ4v) is 13.1. The fourth-order valence-electron chi connectivity index (χ4n) is 8.21. The molecule has 2 aliphatic heterocycles. The molecule has 2 aromatic heterocycles. The topological polar surface area (TPSA) is 155 Å². The quantitative estimate of drug-likeness (QED) is 0.0182. The minimum Gasteiger partial charge on any atom is -0.497 e. The Morgan fingerprint density at radius 3 is 2.18 bits per heavy atom. The van der Waals surface area contributed by atoms with Crippen LogP contribution in [0.4, 0.5) is 5.95 Å². The van der Waals surface area contributed by atoms with E-state index >= 15 is 0 Å². The standard InChI is InChI=1S/C49H56N7O8PS2/c1-48(31-62-49(36-16-10-7-11-17-36,37-18-22-39(59-4)23-19-37)38-20-24-40(60-5)25-21-38)30-41(45(64-48)56-33-50-42-43(56)52-47(53-44(42)57)51-32-54(2)3)61-34-63-65(55-26-12-13-27-55)67-29-28-66-46(58)35-14-8-6-9-15-35/h6-11,14-25,32-33,41,45H,12-13,26-31,34H2,1-5H3,(H,52,53,57)/b51-32+/t41-,45-,48?,65?/m1/s1. The van der Waals surface area contributed by atoms with Crippen molar-refractivity contribution in [2.75, 3.05) is 66.3 Å². The molecule has 0 bridgehead atoms. The summed E-state index contributed by atoms with van der Waals surface area (Å²) in [4.78, 5) is 44.3. The van der Waals surface area contributed by atoms with E-state index in [9.17, 15) is 9.59 Å². The van der Waals surface area contributed by atoms with Crippen LogP contribution in [0.15, 0.2) is 125 Å². The van der Waals surface area contributed by atoms with Crippen molar-refractivity contribution in [3.63, 3.8) is 0 Å². The van der Waals surface area contributed by atoms with Gasteiger partial charge >= 0.3 is 0 Å². The molecule has 0 radical (unpaired) electrons. The molecule has 352 valence electrons. The number of thioether (sulfide) groups is 1. The van der Waals surface area contributed by atoms with E-state index in [0.29, 0.717) is 23.4 Å². The number of imidazole rings is 1. The molecule has 15 nitrogen and oxygen atoms in total. The molecule has 2 unspecified atom stereocenters. The van der Waals surface area contributed by atoms with Crippen LogP contribution in [0.5, 0.6) is 11.5 Å². The lowest BCUT2D eigenvalue weighted by molar-refractivity contribution is -0.140. The lowest BCUT2D eigenvalue weighted by Crippen LogP contribution is -2.40. The van der Waals surface area contributed by atoms with Gasteiger partial charge in [0.05, 0.1) is 39.1 Å². The molecule has 18 heteroatoms. The summed E-state index contributed by atoms with van der Waals surface area (Å²) >= 11 is 3.05. The first-order valence-corrected chi connectivity index (χ1v) is 25.9. The summed E-state index contributed by atoms with van der Waals surface area (Å²) in [5.74, 6) is 2.96. The van der Waals surface area contributed by atoms with Crippen molar-refractivity contribution in [3.8, 4) is 11.5 Å². The van der Waals surface area contributed by atoms with Crippen molar-refractivity contribution in [1.82, 2.24) is 29.1 Å². The first kappa shape index (κ1) is 48.4. The molecule has 4 aromatic carbocycles. The Morgan fingerprint density at radius 2 is 1.55 bits per heavy atom. The van der Waals surface area contributed by atoms with E-state index in [0.717, 1.165) is 59.9 Å². The second-order valence-electron chi connectivity index (χ2n) is 16.6. The zero-order chi connectivity index (χ0) is 46.8. The number of hydrogen-bond acceptors (Lipinski definition) is 14. The second kappa shape index (κ2) is 22.3. The van der Waals surface area contributed by atoms with Crippen molar-refractivity contribution < 1.29 is 33.0 Å². The minimum absolute atomic E-state index is 0.0164. The first-order valence-electron chi connectivity index (χ1n) is 22.1. The van der Waals surface area contributed by atoms with E-state index in [-0.39, 0.29) is 30.0 Å². The Morgan fingerprint density at radius 1 is 0.925 bits per heavy atom. The van der Waals surface area contributed by atoms with Gasteiger partial charge in [0.1, 0.15) is 23.2 Å². The van der Waals surface area contributed by atoms with Crippen molar-refractivity contribution >= 4 is 59.2 Å². The number of methoxy groups -OCH3 is 2. The highest BCUT2D eigenvalue weighted by Gasteiger charge is 2.49. The number of benzene rings is 4. The zero-order valence-corrected chi connectivity index (χ0v) is 40.8. The van der Waals surface area contributed by atoms with Crippen LogP contribution in [0.25, 0.3) is 11.2 Å². The maximum atomic E-state index is 13.4. The Hall–Kier alpha value is -5.10. The summed E-state index contributed by atoms with van der Waals surface area (Å²) in [5, 5.41) is 0.0596. The lowest BCUT2D eigenvalue weighted by atomic mass is 9.79. The van der Waals surface area contributed by atoms with Crippen LogP contribution in [0, 0.1) is 0 Å². The van der Waals surface area contributed by atoms with Crippen LogP contribution in [-0.4, -0.2) is 119 Å². The second-order valence-corrected chi connectivity index (χ2v) is 21.3. The molecule has 4 heterocycles. The number of rotatable bonds is 21. The number of carbonyl (C=O) groups excluding carboxylic acids is 1. The molecule has 2 aliphatic rings. The van der Waals surface area contributed by atoms with Crippen LogP contribution in [0.1, 0.15) is 59.5 Å². The van der Waals surface area contributed by atoms with E-state index in [2.05, 4.69) is 31.8 Å². The molecule has 0 amide bonds. The molecular formula is C49H56N7O8PS2. The van der Waals surface area contributed by atoms with Crippen molar-refractivity contribution in [1.29, 1.82) is 0 Å². The normalized spacial score (nSPS) is 19.3. The van der Waals surface area contributed by atoms with E-state index < -0.39 is 36.6 Å². The van der Waals surface area contributed by atoms with Crippen LogP contribution in [-0.2, 0) is 24.3 Å². The Labute approximate surface area is 400 Å². The number of aromatic amines is 1. The third kappa shape index (κ3) is 11.4. The van der Waals surface area contributed by atoms with Gasteiger partial charge in [-0.2, -0.15) is 4.98 Å². The zero-order valence-electron chi connectivity index (χ0n) is 38.3. The van der Waals surface area contributed by atoms with Gasteiger partial charge in [-0.05, 0) is 60.7 Å². The maximum absolute atomic E-state index is 13.4. The Kier molecular flexibility index (Phi) is 16.1. The smallest absolute Gasteiger partial charge is 0.280 e. The number of nitrogens with zero attached hydrogens (tertiary/aromatic N) is 6. The third-order valence-electron chi connectivity index (χ3n) is 11.5. The van der Waals surface area contributed by atoms with Crippen molar-refractivity contribution in [2.24, 2.45) is 4.99 Å². The van der Waals surface area contributed by atoms with Gasteiger partial charge in [-0.15, -0.1) is 0 Å². The van der Waals surface area contributed by atoms with E-state index in [1.54, 1.807) is 47.7 Å². The minimum atomic E-state index is -1.10. The molecule has 0 saturated carbocycles. The molecule has 6 aromatic rings. The molecule has 0 aliphatic carbocycles. The average molecular weight is 966 g/mol. The summed E-state index contributed by atoms with van der Waals surface area (Å²) < 4.78 is 43.1. The number of aliphatic imine (C=N–C) groups is 1. The van der Waals surface area contributed by atoms with Gasteiger partial charge in [0.25, 0.3) is 5.56 Å². The predicted molar refractivity (Wildman–Crippen MR) is 266 cm³/mol. The van der Waals surface area contributed by atoms with Gasteiger partial charge in [-0.25, -0.2) is 9.98 Å². The van der Waals surface area contributed by atoms with Gasteiger partial charge in [-0.3, -0.25) is 23.8 Å². The summed E-state index contributed by atoms with van der Waals surface area (Å²) in [6.07, 6.45) is 4.33. The van der Waals surface area contributed by atoms with Crippen LogP contribution >= 0.6 is 30.6 Å². The van der Waals surface area contributed by atoms with Crippen molar-refractivity contribution in [3.05, 3.63) is 148 Å². The largest absolute Gasteiger partial charge is 0.497 e. The highest BCUT2D eigenvalue weighted by atomic mass is 32.7. The van der Waals surface area contributed by atoms with E-state index in [4.69, 9.17) is 33.2 Å². The van der Waals surface area contributed by atoms with Crippen LogP contribution in [0.2, 0.25) is 0 Å². The summed E-state index contributed by atoms with van der Waals surface area (Å²) in [5.41, 5.74) is 1.34. The molecule has 4 atom stereocenters. The Bertz CT molecular complexity index is 2590. The highest BCUT2D eigenvalue weighted by molar-refractivity contribution is 8.53. The number of fused-ring (bicyclic) bond motifs is 1. The summed E-state index contributed by atoms with van der Waals surface area (Å²) in [6.45, 7) is 3.98. The van der Waals surface area contributed by atoms with Gasteiger partial charge in [0.2, 0.25) is 11.1 Å². The Balaban J connectivity index is 1.09. The van der Waals surface area contributed by atoms with Gasteiger partial charge in [0, 0.05) is 50.7 Å². The average Bonchev–Trinajstić information content (AvgIpc) is 4.13. The van der Waals surface area contributed by atoms with E-state index in [1.165, 1.54) is 11.8 Å². The van der Waals surface area contributed by atoms with Gasteiger partial charge in [-0.1, -0.05) is 108 Å². The van der Waals surface area contributed by atoms with Crippen molar-refractivity contribution in [2.45, 2.75) is 49.7 Å². The molecule has 1 N–H and O–H groups in total. The van der Waals surface area contributed by atoms with Gasteiger partial charge < -0.3 is 33.1 Å². The SMILES string of the molecule is COc1ccc(C(OCC2(C)C[C@@H](OCOP(SCCSC(=O)c3ccccc3)N3CCCC3)[C@H](n3cnc4c(=O)[nH]c(/N=C/N(C)C)nc43)O2)(c2ccccc2)c2ccc(OC)cc2)cc1. The van der Waals surface area contributed by atoms with E-state index in [1.807, 2.05) is 118 Å². The summed E-state index contributed by atoms with van der Waals surface area (Å²) in [7, 11) is 5.87. The molecular weight excluding hydrogens is 910 g/mol. The number of hydrogen-bond donors (Lipinski definition) is 1. The number of aromatic nitrogens is 4. The molecule has 2 fully saturated rings. The van der Waals surface area contributed by atoms with Gasteiger partial charge in [0.15, 0.2) is 31.7 Å². The number of carbonyl (C=O) groups is 1.